The second-order valence-electron chi connectivity index (χ2n) is 5.09. The Bertz CT molecular complexity index is 831. The number of benzene rings is 2. The molecule has 0 aromatic heterocycles. The number of thioether (sulfide) groups is 1. The minimum atomic E-state index is -4.68. The van der Waals surface area contributed by atoms with Crippen molar-refractivity contribution in [3.8, 4) is 0 Å². The van der Waals surface area contributed by atoms with Crippen LogP contribution in [0.5, 0.6) is 0 Å². The Morgan fingerprint density at radius 3 is 2.54 bits per heavy atom. The second-order valence-corrected chi connectivity index (χ2v) is 6.52. The van der Waals surface area contributed by atoms with E-state index in [4.69, 9.17) is 11.6 Å². The summed E-state index contributed by atoms with van der Waals surface area (Å²) in [6.45, 7) is 0.175. The molecule has 0 saturated carbocycles. The van der Waals surface area contributed by atoms with Crippen LogP contribution >= 0.6 is 23.4 Å². The van der Waals surface area contributed by atoms with Crippen LogP contribution in [0.1, 0.15) is 11.1 Å². The number of halogens is 4. The van der Waals surface area contributed by atoms with Crippen molar-refractivity contribution in [2.75, 3.05) is 5.75 Å². The van der Waals surface area contributed by atoms with Crippen LogP contribution in [0.25, 0.3) is 0 Å². The summed E-state index contributed by atoms with van der Waals surface area (Å²) in [6.07, 6.45) is -4.68. The van der Waals surface area contributed by atoms with Crippen molar-refractivity contribution in [1.82, 2.24) is 5.32 Å². The smallest absolute Gasteiger partial charge is 0.351 e. The minimum Gasteiger partial charge on any atom is -0.351 e. The van der Waals surface area contributed by atoms with Crippen LogP contribution < -0.4 is 5.32 Å². The third-order valence-corrected chi connectivity index (χ3v) is 4.71. The third-order valence-electron chi connectivity index (χ3n) is 3.28. The van der Waals surface area contributed by atoms with Crippen LogP contribution in [-0.4, -0.2) is 16.6 Å². The van der Waals surface area contributed by atoms with Crippen molar-refractivity contribution in [3.05, 3.63) is 68.7 Å². The van der Waals surface area contributed by atoms with Crippen molar-refractivity contribution >= 4 is 35.0 Å². The molecular formula is C16H12ClF3N2O3S. The molecule has 0 atom stereocenters. The van der Waals surface area contributed by atoms with E-state index in [1.807, 2.05) is 0 Å². The van der Waals surface area contributed by atoms with Gasteiger partial charge in [-0.1, -0.05) is 29.8 Å². The molecule has 138 valence electrons. The van der Waals surface area contributed by atoms with Gasteiger partial charge in [-0.25, -0.2) is 0 Å². The number of nitro benzene ring substituents is 1. The van der Waals surface area contributed by atoms with Crippen LogP contribution in [0.15, 0.2) is 47.4 Å². The lowest BCUT2D eigenvalue weighted by Gasteiger charge is -2.09. The van der Waals surface area contributed by atoms with Crippen molar-refractivity contribution < 1.29 is 22.9 Å². The number of carbonyl (C=O) groups is 1. The zero-order valence-corrected chi connectivity index (χ0v) is 14.6. The van der Waals surface area contributed by atoms with E-state index in [0.29, 0.717) is 16.7 Å². The number of nitro groups is 1. The van der Waals surface area contributed by atoms with E-state index >= 15 is 0 Å². The first-order valence-electron chi connectivity index (χ1n) is 7.17. The standard InChI is InChI=1S/C16H12ClF3N2O3S/c17-12-4-2-1-3-10(12)8-21-15(23)9-26-14-6-5-11(16(18,19)20)7-13(14)22(24)25/h1-7H,8-9H2,(H,21,23). The quantitative estimate of drug-likeness (QED) is 0.431. The first-order chi connectivity index (χ1) is 12.2. The summed E-state index contributed by atoms with van der Waals surface area (Å²) in [5.41, 5.74) is -1.10. The molecule has 0 aliphatic rings. The van der Waals surface area contributed by atoms with Crippen molar-refractivity contribution in [1.29, 1.82) is 0 Å². The SMILES string of the molecule is O=C(CSc1ccc(C(F)(F)F)cc1[N+](=O)[O-])NCc1ccccc1Cl. The highest BCUT2D eigenvalue weighted by atomic mass is 35.5. The maximum absolute atomic E-state index is 12.7. The number of alkyl halides is 3. The van der Waals surface area contributed by atoms with Crippen LogP contribution in [0.3, 0.4) is 0 Å². The zero-order chi connectivity index (χ0) is 19.3. The largest absolute Gasteiger partial charge is 0.416 e. The fraction of sp³-hybridized carbons (Fsp3) is 0.188. The van der Waals surface area contributed by atoms with Gasteiger partial charge in [-0.3, -0.25) is 14.9 Å². The highest BCUT2D eigenvalue weighted by Crippen LogP contribution is 2.36. The van der Waals surface area contributed by atoms with E-state index in [-0.39, 0.29) is 17.2 Å². The Morgan fingerprint density at radius 2 is 1.92 bits per heavy atom. The third kappa shape index (κ3) is 5.37. The van der Waals surface area contributed by atoms with E-state index < -0.39 is 28.3 Å². The van der Waals surface area contributed by atoms with Gasteiger partial charge in [-0.15, -0.1) is 11.8 Å². The summed E-state index contributed by atoms with van der Waals surface area (Å²) in [6, 6.07) is 9.11. The van der Waals surface area contributed by atoms with Gasteiger partial charge >= 0.3 is 6.18 Å². The van der Waals surface area contributed by atoms with Crippen molar-refractivity contribution in [2.24, 2.45) is 0 Å². The normalized spacial score (nSPS) is 11.2. The molecule has 0 aliphatic heterocycles. The molecule has 1 N–H and O–H groups in total. The number of carbonyl (C=O) groups excluding carboxylic acids is 1. The Hall–Kier alpha value is -2.26. The molecule has 5 nitrogen and oxygen atoms in total. The Kier molecular flexibility index (Phi) is 6.49. The van der Waals surface area contributed by atoms with E-state index in [2.05, 4.69) is 5.32 Å². The molecule has 2 rings (SSSR count). The molecule has 1 amide bonds. The summed E-state index contributed by atoms with van der Waals surface area (Å²) < 4.78 is 38.0. The van der Waals surface area contributed by atoms with E-state index in [0.717, 1.165) is 23.9 Å². The Morgan fingerprint density at radius 1 is 1.23 bits per heavy atom. The van der Waals surface area contributed by atoms with Gasteiger partial charge in [0.15, 0.2) is 0 Å². The number of hydrogen-bond donors (Lipinski definition) is 1. The highest BCUT2D eigenvalue weighted by molar-refractivity contribution is 8.00. The molecule has 26 heavy (non-hydrogen) atoms. The molecule has 0 fully saturated rings. The average Bonchev–Trinajstić information content (AvgIpc) is 2.58. The summed E-state index contributed by atoms with van der Waals surface area (Å²) in [5, 5.41) is 14.1. The highest BCUT2D eigenvalue weighted by Gasteiger charge is 2.33. The maximum Gasteiger partial charge on any atom is 0.416 e. The molecule has 0 unspecified atom stereocenters. The van der Waals surface area contributed by atoms with Crippen LogP contribution in [0, 0.1) is 10.1 Å². The van der Waals surface area contributed by atoms with Crippen molar-refractivity contribution in [3.63, 3.8) is 0 Å². The zero-order valence-electron chi connectivity index (χ0n) is 13.0. The average molecular weight is 405 g/mol. The number of rotatable bonds is 6. The fourth-order valence-corrected chi connectivity index (χ4v) is 3.03. The maximum atomic E-state index is 12.7. The van der Waals surface area contributed by atoms with Gasteiger partial charge in [-0.2, -0.15) is 13.2 Å². The number of amides is 1. The number of hydrogen-bond acceptors (Lipinski definition) is 4. The number of nitrogens with zero attached hydrogens (tertiary/aromatic N) is 1. The Labute approximate surface area is 155 Å². The summed E-state index contributed by atoms with van der Waals surface area (Å²) in [7, 11) is 0. The van der Waals surface area contributed by atoms with E-state index in [9.17, 15) is 28.1 Å². The molecule has 0 heterocycles. The van der Waals surface area contributed by atoms with Gasteiger partial charge in [0.05, 0.1) is 21.1 Å². The monoisotopic (exact) mass is 404 g/mol. The van der Waals surface area contributed by atoms with Crippen LogP contribution in [0.2, 0.25) is 5.02 Å². The molecule has 0 radical (unpaired) electrons. The van der Waals surface area contributed by atoms with Gasteiger partial charge in [0.1, 0.15) is 0 Å². The Balaban J connectivity index is 2.01. The predicted molar refractivity (Wildman–Crippen MR) is 92.1 cm³/mol. The van der Waals surface area contributed by atoms with E-state index in [1.54, 1.807) is 24.3 Å². The minimum absolute atomic E-state index is 0.0177. The van der Waals surface area contributed by atoms with Gasteiger partial charge in [0.25, 0.3) is 5.69 Å². The van der Waals surface area contributed by atoms with Gasteiger partial charge in [0.2, 0.25) is 5.91 Å². The molecule has 0 saturated heterocycles. The summed E-state index contributed by atoms with van der Waals surface area (Å²) in [5.74, 6) is -0.611. The van der Waals surface area contributed by atoms with Gasteiger partial charge in [-0.05, 0) is 23.8 Å². The van der Waals surface area contributed by atoms with Crippen molar-refractivity contribution in [2.45, 2.75) is 17.6 Å². The molecule has 10 heteroatoms. The lowest BCUT2D eigenvalue weighted by atomic mass is 10.2. The predicted octanol–water partition coefficient (Wildman–Crippen LogP) is 4.68. The molecule has 0 spiro atoms. The van der Waals surface area contributed by atoms with Gasteiger partial charge < -0.3 is 5.32 Å². The second kappa shape index (κ2) is 8.41. The molecular weight excluding hydrogens is 393 g/mol. The van der Waals surface area contributed by atoms with Crippen LogP contribution in [0.4, 0.5) is 18.9 Å². The molecule has 0 bridgehead atoms. The molecule has 0 aliphatic carbocycles. The molecule has 2 aromatic rings. The van der Waals surface area contributed by atoms with Gasteiger partial charge in [0, 0.05) is 17.6 Å². The lowest BCUT2D eigenvalue weighted by Crippen LogP contribution is -2.24. The topological polar surface area (TPSA) is 72.2 Å². The number of nitrogens with one attached hydrogen (secondary N) is 1. The lowest BCUT2D eigenvalue weighted by molar-refractivity contribution is -0.388. The first kappa shape index (κ1) is 20.1. The van der Waals surface area contributed by atoms with E-state index in [1.165, 1.54) is 0 Å². The first-order valence-corrected chi connectivity index (χ1v) is 8.53. The summed E-state index contributed by atoms with van der Waals surface area (Å²) >= 11 is 6.75. The molecule has 2 aromatic carbocycles. The van der Waals surface area contributed by atoms with Crippen LogP contribution in [-0.2, 0) is 17.5 Å². The summed E-state index contributed by atoms with van der Waals surface area (Å²) in [4.78, 5) is 22.0. The fourth-order valence-electron chi connectivity index (χ4n) is 1.99.